The summed E-state index contributed by atoms with van der Waals surface area (Å²) in [5, 5.41) is 7.25. The van der Waals surface area contributed by atoms with Crippen LogP contribution in [0.25, 0.3) is 0 Å². The molecule has 0 amide bonds. The summed E-state index contributed by atoms with van der Waals surface area (Å²) in [5.41, 5.74) is 2.11. The van der Waals surface area contributed by atoms with Gasteiger partial charge in [-0.25, -0.2) is 17.8 Å². The predicted molar refractivity (Wildman–Crippen MR) is 78.2 cm³/mol. The second-order valence-corrected chi connectivity index (χ2v) is 7.66. The minimum atomic E-state index is -3.57. The van der Waals surface area contributed by atoms with Crippen molar-refractivity contribution in [2.75, 3.05) is 0 Å². The van der Waals surface area contributed by atoms with Gasteiger partial charge in [0.15, 0.2) is 0 Å². The second-order valence-electron chi connectivity index (χ2n) is 5.90. The van der Waals surface area contributed by atoms with Crippen molar-refractivity contribution in [2.24, 2.45) is 0 Å². The van der Waals surface area contributed by atoms with Gasteiger partial charge in [-0.15, -0.1) is 0 Å². The van der Waals surface area contributed by atoms with Crippen molar-refractivity contribution >= 4 is 10.0 Å². The summed E-state index contributed by atoms with van der Waals surface area (Å²) in [6.45, 7) is 8.00. The van der Waals surface area contributed by atoms with Crippen LogP contribution in [0.1, 0.15) is 37.7 Å². The molecule has 1 N–H and O–H groups in total. The first kappa shape index (κ1) is 15.7. The fourth-order valence-corrected chi connectivity index (χ4v) is 2.78. The molecule has 0 radical (unpaired) electrons. The summed E-state index contributed by atoms with van der Waals surface area (Å²) in [7, 11) is -3.57. The van der Waals surface area contributed by atoms with Crippen molar-refractivity contribution in [1.82, 2.24) is 15.0 Å². The van der Waals surface area contributed by atoms with Crippen LogP contribution in [0.2, 0.25) is 0 Å². The van der Waals surface area contributed by atoms with Crippen molar-refractivity contribution in [1.29, 1.82) is 0 Å². The molecule has 2 rings (SSSR count). The molecule has 0 fully saturated rings. The van der Waals surface area contributed by atoms with Crippen LogP contribution in [-0.2, 0) is 22.0 Å². The van der Waals surface area contributed by atoms with E-state index in [0.29, 0.717) is 11.4 Å². The summed E-state index contributed by atoms with van der Waals surface area (Å²) in [6, 6.07) is 6.88. The van der Waals surface area contributed by atoms with Crippen LogP contribution < -0.4 is 4.72 Å². The molecule has 7 heteroatoms. The molecule has 0 aliphatic carbocycles. The highest BCUT2D eigenvalue weighted by Crippen LogP contribution is 2.23. The molecule has 0 bridgehead atoms. The molecular weight excluding hydrogens is 290 g/mol. The SMILES string of the molecule is Cc1nonc1CNS(=O)(=O)c1ccc(C(C)(C)C)cc1. The minimum Gasteiger partial charge on any atom is -0.244 e. The van der Waals surface area contributed by atoms with E-state index in [2.05, 4.69) is 40.4 Å². The molecule has 0 spiro atoms. The number of aromatic nitrogens is 2. The molecule has 2 aromatic rings. The van der Waals surface area contributed by atoms with Crippen molar-refractivity contribution in [3.63, 3.8) is 0 Å². The monoisotopic (exact) mass is 309 g/mol. The third-order valence-electron chi connectivity index (χ3n) is 3.21. The number of nitrogens with zero attached hydrogens (tertiary/aromatic N) is 2. The lowest BCUT2D eigenvalue weighted by molar-refractivity contribution is 0.301. The molecule has 0 unspecified atom stereocenters. The summed E-state index contributed by atoms with van der Waals surface area (Å²) in [6.07, 6.45) is 0. The maximum absolute atomic E-state index is 12.2. The fourth-order valence-electron chi connectivity index (χ4n) is 1.79. The lowest BCUT2D eigenvalue weighted by atomic mass is 9.87. The summed E-state index contributed by atoms with van der Waals surface area (Å²) in [5.74, 6) is 0. The van der Waals surface area contributed by atoms with E-state index in [1.165, 1.54) is 0 Å². The third-order valence-corrected chi connectivity index (χ3v) is 4.62. The smallest absolute Gasteiger partial charge is 0.240 e. The van der Waals surface area contributed by atoms with E-state index in [9.17, 15) is 8.42 Å². The minimum absolute atomic E-state index is 0.0147. The van der Waals surface area contributed by atoms with Crippen LogP contribution in [0.3, 0.4) is 0 Å². The van der Waals surface area contributed by atoms with Gasteiger partial charge in [-0.3, -0.25) is 0 Å². The molecule has 6 nitrogen and oxygen atoms in total. The Morgan fingerprint density at radius 1 is 1.14 bits per heavy atom. The van der Waals surface area contributed by atoms with Gasteiger partial charge < -0.3 is 0 Å². The van der Waals surface area contributed by atoms with E-state index in [-0.39, 0.29) is 16.9 Å². The molecule has 1 aromatic carbocycles. The van der Waals surface area contributed by atoms with Crippen LogP contribution in [-0.4, -0.2) is 18.7 Å². The Balaban J connectivity index is 2.14. The van der Waals surface area contributed by atoms with Gasteiger partial charge in [-0.1, -0.05) is 43.2 Å². The summed E-state index contributed by atoms with van der Waals surface area (Å²) in [4.78, 5) is 0.226. The van der Waals surface area contributed by atoms with Crippen LogP contribution in [0, 0.1) is 6.92 Å². The molecule has 0 aliphatic rings. The third kappa shape index (κ3) is 3.68. The largest absolute Gasteiger partial charge is 0.244 e. The van der Waals surface area contributed by atoms with Crippen LogP contribution in [0.15, 0.2) is 33.8 Å². The maximum atomic E-state index is 12.2. The molecule has 0 aliphatic heterocycles. The van der Waals surface area contributed by atoms with Gasteiger partial charge in [0, 0.05) is 0 Å². The van der Waals surface area contributed by atoms with Gasteiger partial charge in [-0.05, 0) is 30.0 Å². The zero-order valence-electron chi connectivity index (χ0n) is 12.5. The average molecular weight is 309 g/mol. The Hall–Kier alpha value is -1.73. The Morgan fingerprint density at radius 3 is 2.24 bits per heavy atom. The van der Waals surface area contributed by atoms with Gasteiger partial charge >= 0.3 is 0 Å². The van der Waals surface area contributed by atoms with Crippen molar-refractivity contribution < 1.29 is 13.0 Å². The Labute approximate surface area is 124 Å². The van der Waals surface area contributed by atoms with Crippen molar-refractivity contribution in [2.45, 2.75) is 44.6 Å². The fraction of sp³-hybridized carbons (Fsp3) is 0.429. The highest BCUT2D eigenvalue weighted by Gasteiger charge is 2.18. The molecule has 114 valence electrons. The molecule has 1 aromatic heterocycles. The Kier molecular flexibility index (Phi) is 4.15. The highest BCUT2D eigenvalue weighted by atomic mass is 32.2. The van der Waals surface area contributed by atoms with Gasteiger partial charge in [0.1, 0.15) is 11.4 Å². The Bertz CT molecular complexity index is 713. The standard InChI is InChI=1S/C14H19N3O3S/c1-10-13(17-20-16-10)9-15-21(18,19)12-7-5-11(6-8-12)14(2,3)4/h5-8,15H,9H2,1-4H3. The van der Waals surface area contributed by atoms with Gasteiger partial charge in [-0.2, -0.15) is 0 Å². The van der Waals surface area contributed by atoms with E-state index >= 15 is 0 Å². The van der Waals surface area contributed by atoms with Gasteiger partial charge in [0.2, 0.25) is 10.0 Å². The first-order valence-electron chi connectivity index (χ1n) is 6.58. The zero-order chi connectivity index (χ0) is 15.7. The second kappa shape index (κ2) is 5.57. The molecule has 21 heavy (non-hydrogen) atoms. The summed E-state index contributed by atoms with van der Waals surface area (Å²) < 4.78 is 31.4. The number of aryl methyl sites for hydroxylation is 1. The first-order chi connectivity index (χ1) is 9.70. The normalized spacial score (nSPS) is 12.6. The molecule has 1 heterocycles. The van der Waals surface area contributed by atoms with Crippen LogP contribution >= 0.6 is 0 Å². The van der Waals surface area contributed by atoms with E-state index in [0.717, 1.165) is 5.56 Å². The van der Waals surface area contributed by atoms with E-state index < -0.39 is 10.0 Å². The van der Waals surface area contributed by atoms with E-state index in [4.69, 9.17) is 0 Å². The van der Waals surface area contributed by atoms with Crippen LogP contribution in [0.4, 0.5) is 0 Å². The molecular formula is C14H19N3O3S. The number of hydrogen-bond acceptors (Lipinski definition) is 5. The highest BCUT2D eigenvalue weighted by molar-refractivity contribution is 7.89. The quantitative estimate of drug-likeness (QED) is 0.935. The molecule has 0 saturated carbocycles. The number of benzene rings is 1. The Morgan fingerprint density at radius 2 is 1.76 bits per heavy atom. The zero-order valence-corrected chi connectivity index (χ0v) is 13.4. The number of sulfonamides is 1. The number of rotatable bonds is 4. The topological polar surface area (TPSA) is 85.1 Å². The van der Waals surface area contributed by atoms with E-state index in [1.807, 2.05) is 12.1 Å². The average Bonchev–Trinajstić information content (AvgIpc) is 2.81. The number of hydrogen-bond donors (Lipinski definition) is 1. The lowest BCUT2D eigenvalue weighted by Gasteiger charge is -2.19. The first-order valence-corrected chi connectivity index (χ1v) is 8.07. The van der Waals surface area contributed by atoms with Crippen molar-refractivity contribution in [3.05, 3.63) is 41.2 Å². The molecule has 0 saturated heterocycles. The van der Waals surface area contributed by atoms with Gasteiger partial charge in [0.05, 0.1) is 11.4 Å². The van der Waals surface area contributed by atoms with Crippen molar-refractivity contribution in [3.8, 4) is 0 Å². The number of nitrogens with one attached hydrogen (secondary N) is 1. The predicted octanol–water partition coefficient (Wildman–Crippen LogP) is 2.15. The van der Waals surface area contributed by atoms with Crippen LogP contribution in [0.5, 0.6) is 0 Å². The van der Waals surface area contributed by atoms with E-state index in [1.54, 1.807) is 19.1 Å². The lowest BCUT2D eigenvalue weighted by Crippen LogP contribution is -2.24. The summed E-state index contributed by atoms with van der Waals surface area (Å²) >= 11 is 0. The molecule has 0 atom stereocenters. The maximum Gasteiger partial charge on any atom is 0.240 e. The van der Waals surface area contributed by atoms with Gasteiger partial charge in [0.25, 0.3) is 0 Å².